The summed E-state index contributed by atoms with van der Waals surface area (Å²) < 4.78 is 0. The zero-order valence-electron chi connectivity index (χ0n) is 6.13. The molecule has 13 heavy (non-hydrogen) atoms. The van der Waals surface area contributed by atoms with E-state index in [1.165, 1.54) is 0 Å². The molecule has 0 aromatic carbocycles. The molecule has 0 amide bonds. The van der Waals surface area contributed by atoms with Gasteiger partial charge in [-0.25, -0.2) is 19.2 Å². The van der Waals surface area contributed by atoms with Crippen molar-refractivity contribution in [1.82, 2.24) is 0 Å². The molecule has 0 heterocycles. The molecule has 1 atom stereocenters. The molecule has 0 saturated carbocycles. The second-order valence-corrected chi connectivity index (χ2v) is 1.22. The molecule has 4 N–H and O–H groups in total. The van der Waals surface area contributed by atoms with Crippen LogP contribution in [0.2, 0.25) is 0 Å². The molecule has 0 fully saturated rings. The maximum Gasteiger partial charge on any atom is 0.414 e. The molecule has 0 spiro atoms. The Morgan fingerprint density at radius 3 is 0.615 bits per heavy atom. The molecule has 0 radical (unpaired) electrons. The van der Waals surface area contributed by atoms with Crippen LogP contribution in [-0.4, -0.2) is 44.3 Å². The summed E-state index contributed by atoms with van der Waals surface area (Å²) in [6, 6.07) is 0. The fourth-order valence-electron chi connectivity index (χ4n) is 0. The lowest BCUT2D eigenvalue weighted by Crippen LogP contribution is -2.09. The van der Waals surface area contributed by atoms with Gasteiger partial charge in [-0.05, 0) is 0 Å². The average Bonchev–Trinajstić information content (AvgIpc) is 1.88. The maximum absolute atomic E-state index is 9.10. The number of hydrogen-bond donors (Lipinski definition) is 4. The van der Waals surface area contributed by atoms with E-state index in [1.807, 2.05) is 0 Å². The Kier molecular flexibility index (Phi) is 11.3. The van der Waals surface area contributed by atoms with Crippen LogP contribution in [0.3, 0.4) is 0 Å². The maximum atomic E-state index is 9.10. The summed E-state index contributed by atoms with van der Waals surface area (Å²) >= 11 is 0. The van der Waals surface area contributed by atoms with Crippen molar-refractivity contribution in [2.75, 3.05) is 0 Å². The van der Waals surface area contributed by atoms with Crippen LogP contribution in [0, 0.1) is 0 Å². The molecule has 0 bridgehead atoms. The molecular formula is C4H7O8P. The van der Waals surface area contributed by atoms with Crippen LogP contribution < -0.4 is 0 Å². The Hall–Kier alpha value is -1.69. The van der Waals surface area contributed by atoms with Gasteiger partial charge in [0, 0.05) is 0 Å². The highest BCUT2D eigenvalue weighted by atomic mass is 31.0. The van der Waals surface area contributed by atoms with Gasteiger partial charge in [-0.1, -0.05) is 0 Å². The zero-order valence-corrected chi connectivity index (χ0v) is 7.54. The molecule has 76 valence electrons. The minimum Gasteiger partial charge on any atom is -0.473 e. The molecule has 0 aromatic rings. The van der Waals surface area contributed by atoms with E-state index in [9.17, 15) is 0 Å². The SMILES string of the molecule is O=C(O)C(=O)O.O=C(O)C(=O)O.P. The molecule has 0 saturated heterocycles. The number of carboxylic acids is 4. The second-order valence-electron chi connectivity index (χ2n) is 1.22. The minimum atomic E-state index is -1.82. The monoisotopic (exact) mass is 214 g/mol. The van der Waals surface area contributed by atoms with E-state index in [4.69, 9.17) is 39.6 Å². The summed E-state index contributed by atoms with van der Waals surface area (Å²) in [7, 11) is 0. The van der Waals surface area contributed by atoms with Crippen molar-refractivity contribution in [3.8, 4) is 0 Å². The lowest BCUT2D eigenvalue weighted by molar-refractivity contribution is -0.159. The van der Waals surface area contributed by atoms with Gasteiger partial charge >= 0.3 is 23.9 Å². The first-order chi connectivity index (χ1) is 5.29. The van der Waals surface area contributed by atoms with Crippen molar-refractivity contribution in [1.29, 1.82) is 0 Å². The van der Waals surface area contributed by atoms with Crippen molar-refractivity contribution >= 4 is 33.8 Å². The van der Waals surface area contributed by atoms with E-state index in [0.29, 0.717) is 0 Å². The smallest absolute Gasteiger partial charge is 0.414 e. The fraction of sp³-hybridized carbons (Fsp3) is 0. The zero-order chi connectivity index (χ0) is 10.3. The molecule has 0 aliphatic carbocycles. The van der Waals surface area contributed by atoms with Crippen LogP contribution in [0.15, 0.2) is 0 Å². The lowest BCUT2D eigenvalue weighted by Gasteiger charge is -1.72. The van der Waals surface area contributed by atoms with E-state index in [1.54, 1.807) is 0 Å². The Labute approximate surface area is 74.4 Å². The van der Waals surface area contributed by atoms with Crippen LogP contribution in [-0.2, 0) is 19.2 Å². The first-order valence-corrected chi connectivity index (χ1v) is 2.21. The third-order valence-corrected chi connectivity index (χ3v) is 0.366. The van der Waals surface area contributed by atoms with Crippen LogP contribution >= 0.6 is 9.90 Å². The van der Waals surface area contributed by atoms with E-state index < -0.39 is 23.9 Å². The van der Waals surface area contributed by atoms with Crippen LogP contribution in [0.1, 0.15) is 0 Å². The summed E-state index contributed by atoms with van der Waals surface area (Å²) in [5.74, 6) is -7.30. The number of aliphatic carboxylic acids is 4. The first-order valence-electron chi connectivity index (χ1n) is 2.21. The standard InChI is InChI=1S/2C2H2O4.H3P/c2*3-1(4)2(5)6;/h2*(H,3,4)(H,5,6);1H3. The van der Waals surface area contributed by atoms with Crippen molar-refractivity contribution in [2.24, 2.45) is 0 Å². The molecule has 1 unspecified atom stereocenters. The van der Waals surface area contributed by atoms with Gasteiger partial charge in [-0.15, -0.1) is 0 Å². The fourth-order valence-corrected chi connectivity index (χ4v) is 0. The van der Waals surface area contributed by atoms with Crippen LogP contribution in [0.5, 0.6) is 0 Å². The predicted octanol–water partition coefficient (Wildman–Crippen LogP) is -1.63. The van der Waals surface area contributed by atoms with E-state index in [2.05, 4.69) is 0 Å². The summed E-state index contributed by atoms with van der Waals surface area (Å²) in [5.41, 5.74) is 0. The van der Waals surface area contributed by atoms with E-state index in [-0.39, 0.29) is 9.90 Å². The number of hydrogen-bond acceptors (Lipinski definition) is 4. The summed E-state index contributed by atoms with van der Waals surface area (Å²) in [6.45, 7) is 0. The van der Waals surface area contributed by atoms with Crippen molar-refractivity contribution in [2.45, 2.75) is 0 Å². The summed E-state index contributed by atoms with van der Waals surface area (Å²) in [6.07, 6.45) is 0. The highest BCUT2D eigenvalue weighted by molar-refractivity contribution is 6.92. The normalized spacial score (nSPS) is 6.77. The van der Waals surface area contributed by atoms with Gasteiger partial charge in [0.1, 0.15) is 0 Å². The minimum absolute atomic E-state index is 0. The highest BCUT2D eigenvalue weighted by Gasteiger charge is 2.04. The number of rotatable bonds is 0. The Morgan fingerprint density at radius 1 is 0.538 bits per heavy atom. The van der Waals surface area contributed by atoms with Gasteiger partial charge in [0.05, 0.1) is 0 Å². The molecule has 0 aliphatic rings. The van der Waals surface area contributed by atoms with E-state index >= 15 is 0 Å². The first kappa shape index (κ1) is 17.4. The molecule has 0 rings (SSSR count). The van der Waals surface area contributed by atoms with Crippen molar-refractivity contribution in [3.05, 3.63) is 0 Å². The summed E-state index contributed by atoms with van der Waals surface area (Å²) in [5, 5.41) is 29.6. The largest absolute Gasteiger partial charge is 0.473 e. The number of carbonyl (C=O) groups is 4. The summed E-state index contributed by atoms with van der Waals surface area (Å²) in [4.78, 5) is 36.4. The molecule has 9 heteroatoms. The Balaban J connectivity index is -0.000000143. The second kappa shape index (κ2) is 8.41. The molecular weight excluding hydrogens is 207 g/mol. The van der Waals surface area contributed by atoms with Crippen LogP contribution in [0.25, 0.3) is 0 Å². The van der Waals surface area contributed by atoms with E-state index in [0.717, 1.165) is 0 Å². The van der Waals surface area contributed by atoms with Gasteiger partial charge < -0.3 is 20.4 Å². The lowest BCUT2D eigenvalue weighted by atomic mass is 10.7. The van der Waals surface area contributed by atoms with Crippen LogP contribution in [0.4, 0.5) is 0 Å². The molecule has 0 aromatic heterocycles. The molecule has 8 nitrogen and oxygen atoms in total. The Bertz CT molecular complexity index is 172. The topological polar surface area (TPSA) is 149 Å². The van der Waals surface area contributed by atoms with Crippen molar-refractivity contribution < 1.29 is 39.6 Å². The molecule has 0 aliphatic heterocycles. The predicted molar refractivity (Wildman–Crippen MR) is 41.6 cm³/mol. The third kappa shape index (κ3) is 17.9. The number of carboxylic acid groups (broad SMARTS) is 4. The van der Waals surface area contributed by atoms with Gasteiger partial charge in [0.15, 0.2) is 0 Å². The van der Waals surface area contributed by atoms with Gasteiger partial charge in [-0.3, -0.25) is 0 Å². The highest BCUT2D eigenvalue weighted by Crippen LogP contribution is 1.56. The Morgan fingerprint density at radius 2 is 0.615 bits per heavy atom. The average molecular weight is 214 g/mol. The van der Waals surface area contributed by atoms with Crippen molar-refractivity contribution in [3.63, 3.8) is 0 Å². The third-order valence-electron chi connectivity index (χ3n) is 0.366. The quantitative estimate of drug-likeness (QED) is 0.277. The van der Waals surface area contributed by atoms with Gasteiger partial charge in [0.25, 0.3) is 0 Å². The van der Waals surface area contributed by atoms with Gasteiger partial charge in [0.2, 0.25) is 0 Å². The van der Waals surface area contributed by atoms with Gasteiger partial charge in [-0.2, -0.15) is 9.90 Å².